The highest BCUT2D eigenvalue weighted by Gasteiger charge is 2.41. The highest BCUT2D eigenvalue weighted by molar-refractivity contribution is 7.89. The van der Waals surface area contributed by atoms with E-state index in [2.05, 4.69) is 5.10 Å². The molecule has 0 fully saturated rings. The summed E-state index contributed by atoms with van der Waals surface area (Å²) < 4.78 is 77.7. The predicted octanol–water partition coefficient (Wildman–Crippen LogP) is 3.31. The third kappa shape index (κ3) is 7.23. The van der Waals surface area contributed by atoms with Gasteiger partial charge in [-0.15, -0.1) is 0 Å². The first kappa shape index (κ1) is 28.0. The molecule has 3 rings (SSSR count). The Labute approximate surface area is 213 Å². The maximum absolute atomic E-state index is 13.6. The van der Waals surface area contributed by atoms with Crippen molar-refractivity contribution in [2.24, 2.45) is 0 Å². The molecule has 0 aliphatic carbocycles. The molecular formula is C24H27F3N4O5S. The minimum atomic E-state index is -4.99. The Morgan fingerprint density at radius 2 is 1.41 bits per heavy atom. The molecule has 1 heterocycles. The Morgan fingerprint density at radius 1 is 0.919 bits per heavy atom. The smallest absolute Gasteiger partial charge is 0.471 e. The lowest BCUT2D eigenvalue weighted by molar-refractivity contribution is -0.184. The molecule has 13 heteroatoms. The molecule has 0 spiro atoms. The van der Waals surface area contributed by atoms with E-state index < -0.39 is 22.1 Å². The van der Waals surface area contributed by atoms with Gasteiger partial charge in [0.1, 0.15) is 11.5 Å². The highest BCUT2D eigenvalue weighted by atomic mass is 32.2. The number of methoxy groups -OCH3 is 2. The molecule has 9 nitrogen and oxygen atoms in total. The van der Waals surface area contributed by atoms with E-state index in [1.807, 2.05) is 0 Å². The van der Waals surface area contributed by atoms with Crippen LogP contribution in [0.15, 0.2) is 65.8 Å². The number of likely N-dealkylation sites (N-methyl/N-ethyl adjacent to an activating group) is 1. The number of aromatic nitrogens is 2. The zero-order valence-electron chi connectivity index (χ0n) is 20.5. The van der Waals surface area contributed by atoms with Gasteiger partial charge in [0.25, 0.3) is 10.0 Å². The van der Waals surface area contributed by atoms with Crippen molar-refractivity contribution in [3.8, 4) is 11.5 Å². The van der Waals surface area contributed by atoms with Gasteiger partial charge in [-0.2, -0.15) is 22.6 Å². The van der Waals surface area contributed by atoms with Crippen LogP contribution in [0, 0.1) is 0 Å². The summed E-state index contributed by atoms with van der Waals surface area (Å²) in [7, 11) is -0.0309. The van der Waals surface area contributed by atoms with Gasteiger partial charge in [-0.25, -0.2) is 8.42 Å². The second kappa shape index (κ2) is 11.6. The first-order valence-electron chi connectivity index (χ1n) is 11.1. The van der Waals surface area contributed by atoms with E-state index in [0.29, 0.717) is 27.5 Å². The van der Waals surface area contributed by atoms with Crippen molar-refractivity contribution < 1.29 is 35.9 Å². The van der Waals surface area contributed by atoms with E-state index in [1.54, 1.807) is 48.5 Å². The molecule has 37 heavy (non-hydrogen) atoms. The molecule has 0 N–H and O–H groups in total. The van der Waals surface area contributed by atoms with Crippen LogP contribution in [0.2, 0.25) is 0 Å². The first-order chi connectivity index (χ1) is 17.4. The molecule has 0 atom stereocenters. The van der Waals surface area contributed by atoms with Crippen LogP contribution in [0.25, 0.3) is 0 Å². The third-order valence-corrected chi connectivity index (χ3v) is 7.19. The summed E-state index contributed by atoms with van der Waals surface area (Å²) >= 11 is 0. The number of ether oxygens (including phenoxy) is 2. The lowest BCUT2D eigenvalue weighted by atomic mass is 10.2. The summed E-state index contributed by atoms with van der Waals surface area (Å²) in [6.45, 7) is -0.353. The van der Waals surface area contributed by atoms with Gasteiger partial charge in [-0.3, -0.25) is 9.48 Å². The van der Waals surface area contributed by atoms with Crippen molar-refractivity contribution in [2.75, 3.05) is 27.8 Å². The number of hydrogen-bond acceptors (Lipinski definition) is 6. The molecule has 3 aromatic rings. The SMILES string of the molecule is COc1ccc(CN(Cc2ccc(OC)cc2)S(=O)(=O)c2ccn(CCN(C)C(=O)C(F)(F)F)n2)cc1. The van der Waals surface area contributed by atoms with Crippen LogP contribution in [0.3, 0.4) is 0 Å². The summed E-state index contributed by atoms with van der Waals surface area (Å²) in [6, 6.07) is 15.2. The van der Waals surface area contributed by atoms with Gasteiger partial charge < -0.3 is 14.4 Å². The lowest BCUT2D eigenvalue weighted by Gasteiger charge is -2.22. The van der Waals surface area contributed by atoms with Crippen LogP contribution >= 0.6 is 0 Å². The zero-order chi connectivity index (χ0) is 27.2. The van der Waals surface area contributed by atoms with Gasteiger partial charge in [-0.05, 0) is 41.5 Å². The molecule has 200 valence electrons. The molecular weight excluding hydrogens is 513 g/mol. The minimum Gasteiger partial charge on any atom is -0.497 e. The number of carbonyl (C=O) groups excluding carboxylic acids is 1. The fraction of sp³-hybridized carbons (Fsp3) is 0.333. The number of amides is 1. The topological polar surface area (TPSA) is 94.0 Å². The largest absolute Gasteiger partial charge is 0.497 e. The lowest BCUT2D eigenvalue weighted by Crippen LogP contribution is -2.40. The standard InChI is InChI=1S/C24H27F3N4O5S/c1-29(23(32)24(25,26)27)14-15-30-13-12-22(28-30)37(33,34)31(16-18-4-8-20(35-2)9-5-18)17-19-6-10-21(36-3)11-7-19/h4-13H,14-17H2,1-3H3. The number of hydrogen-bond donors (Lipinski definition) is 0. The van der Waals surface area contributed by atoms with E-state index in [9.17, 15) is 26.4 Å². The van der Waals surface area contributed by atoms with Crippen molar-refractivity contribution in [1.82, 2.24) is 19.0 Å². The number of rotatable bonds is 11. The van der Waals surface area contributed by atoms with Crippen LogP contribution in [0.4, 0.5) is 13.2 Å². The summed E-state index contributed by atoms with van der Waals surface area (Å²) in [5.74, 6) is -0.736. The third-order valence-electron chi connectivity index (χ3n) is 5.51. The van der Waals surface area contributed by atoms with Crippen molar-refractivity contribution in [2.45, 2.75) is 30.8 Å². The molecule has 0 aliphatic rings. The summed E-state index contributed by atoms with van der Waals surface area (Å²) in [6.07, 6.45) is -3.64. The normalized spacial score (nSPS) is 12.0. The maximum Gasteiger partial charge on any atom is 0.471 e. The van der Waals surface area contributed by atoms with Gasteiger partial charge in [0.2, 0.25) is 0 Å². The summed E-state index contributed by atoms with van der Waals surface area (Å²) in [4.78, 5) is 11.8. The van der Waals surface area contributed by atoms with Gasteiger partial charge in [0.05, 0.1) is 20.8 Å². The molecule has 0 unspecified atom stereocenters. The number of alkyl halides is 3. The molecule has 0 saturated heterocycles. The van der Waals surface area contributed by atoms with E-state index in [1.165, 1.54) is 35.5 Å². The Kier molecular flexibility index (Phi) is 8.81. The molecule has 0 aliphatic heterocycles. The summed E-state index contributed by atoms with van der Waals surface area (Å²) in [5.41, 5.74) is 1.43. The van der Waals surface area contributed by atoms with Crippen molar-refractivity contribution in [1.29, 1.82) is 0 Å². The van der Waals surface area contributed by atoms with Crippen LogP contribution < -0.4 is 9.47 Å². The van der Waals surface area contributed by atoms with Crippen LogP contribution in [0.5, 0.6) is 11.5 Å². The first-order valence-corrected chi connectivity index (χ1v) is 12.5. The average Bonchev–Trinajstić information content (AvgIpc) is 3.37. The van der Waals surface area contributed by atoms with Gasteiger partial charge in [0, 0.05) is 32.9 Å². The number of carbonyl (C=O) groups is 1. The molecule has 0 saturated carbocycles. The second-order valence-electron chi connectivity index (χ2n) is 8.11. The van der Waals surface area contributed by atoms with E-state index >= 15 is 0 Å². The Balaban J connectivity index is 1.82. The quantitative estimate of drug-likeness (QED) is 0.371. The molecule has 0 bridgehead atoms. The molecule has 0 radical (unpaired) electrons. The van der Waals surface area contributed by atoms with E-state index in [4.69, 9.17) is 9.47 Å². The number of benzene rings is 2. The Hall–Kier alpha value is -3.58. The van der Waals surface area contributed by atoms with Crippen LogP contribution in [0.1, 0.15) is 11.1 Å². The molecule has 1 aromatic heterocycles. The second-order valence-corrected chi connectivity index (χ2v) is 10.00. The fourth-order valence-electron chi connectivity index (χ4n) is 3.40. The van der Waals surface area contributed by atoms with Gasteiger partial charge >= 0.3 is 12.1 Å². The van der Waals surface area contributed by atoms with E-state index in [0.717, 1.165) is 7.05 Å². The van der Waals surface area contributed by atoms with Crippen LogP contribution in [-0.4, -0.2) is 67.3 Å². The van der Waals surface area contributed by atoms with E-state index in [-0.39, 0.29) is 31.2 Å². The average molecular weight is 541 g/mol. The zero-order valence-corrected chi connectivity index (χ0v) is 21.3. The monoisotopic (exact) mass is 540 g/mol. The number of halogens is 3. The highest BCUT2D eigenvalue weighted by Crippen LogP contribution is 2.23. The molecule has 2 aromatic carbocycles. The fourth-order valence-corrected chi connectivity index (χ4v) is 4.75. The number of nitrogens with zero attached hydrogens (tertiary/aromatic N) is 4. The van der Waals surface area contributed by atoms with Crippen molar-refractivity contribution in [3.63, 3.8) is 0 Å². The Bertz CT molecular complexity index is 1240. The van der Waals surface area contributed by atoms with Crippen molar-refractivity contribution in [3.05, 3.63) is 71.9 Å². The summed E-state index contributed by atoms with van der Waals surface area (Å²) in [5, 5.41) is 3.80. The van der Waals surface area contributed by atoms with Gasteiger partial charge in [0.15, 0.2) is 5.03 Å². The Morgan fingerprint density at radius 3 is 1.84 bits per heavy atom. The maximum atomic E-state index is 13.6. The molecule has 1 amide bonds. The van der Waals surface area contributed by atoms with Gasteiger partial charge in [-0.1, -0.05) is 24.3 Å². The minimum absolute atomic E-state index is 0.0358. The predicted molar refractivity (Wildman–Crippen MR) is 128 cm³/mol. The van der Waals surface area contributed by atoms with Crippen LogP contribution in [-0.2, 0) is 34.5 Å². The van der Waals surface area contributed by atoms with Crippen molar-refractivity contribution >= 4 is 15.9 Å². The number of sulfonamides is 1.